The van der Waals surface area contributed by atoms with E-state index in [-0.39, 0.29) is 11.9 Å². The molecular formula is C10H12FNS. The molecule has 1 nitrogen and oxygen atoms in total. The Hall–Kier alpha value is -0.540. The van der Waals surface area contributed by atoms with Gasteiger partial charge in [-0.1, -0.05) is 6.07 Å². The molecule has 1 aliphatic heterocycles. The van der Waals surface area contributed by atoms with Crippen molar-refractivity contribution in [1.29, 1.82) is 0 Å². The average molecular weight is 197 g/mol. The molecule has 0 spiro atoms. The van der Waals surface area contributed by atoms with Crippen molar-refractivity contribution in [2.75, 3.05) is 5.75 Å². The summed E-state index contributed by atoms with van der Waals surface area (Å²) in [5, 5.41) is 0. The first-order valence-electron chi connectivity index (χ1n) is 4.31. The van der Waals surface area contributed by atoms with Crippen LogP contribution in [0.3, 0.4) is 0 Å². The minimum atomic E-state index is -0.145. The van der Waals surface area contributed by atoms with Crippen LogP contribution in [0.1, 0.15) is 22.7 Å². The monoisotopic (exact) mass is 197 g/mol. The predicted octanol–water partition coefficient (Wildman–Crippen LogP) is 2.38. The van der Waals surface area contributed by atoms with Gasteiger partial charge in [-0.2, -0.15) is 11.8 Å². The third kappa shape index (κ3) is 1.46. The predicted molar refractivity (Wildman–Crippen MR) is 54.2 cm³/mol. The number of nitrogens with two attached hydrogens (primary N) is 1. The summed E-state index contributed by atoms with van der Waals surface area (Å²) in [5.74, 6) is 1.58. The summed E-state index contributed by atoms with van der Waals surface area (Å²) in [6.45, 7) is 2.01. The molecule has 1 aromatic carbocycles. The van der Waals surface area contributed by atoms with Gasteiger partial charge in [-0.05, 0) is 24.1 Å². The third-order valence-corrected chi connectivity index (χ3v) is 3.54. The van der Waals surface area contributed by atoms with Crippen LogP contribution in [-0.4, -0.2) is 5.75 Å². The van der Waals surface area contributed by atoms with Crippen LogP contribution in [0, 0.1) is 12.7 Å². The molecule has 1 heterocycles. The van der Waals surface area contributed by atoms with E-state index in [2.05, 4.69) is 0 Å². The lowest BCUT2D eigenvalue weighted by Gasteiger charge is -2.23. The maximum atomic E-state index is 13.4. The maximum absolute atomic E-state index is 13.4. The molecule has 70 valence electrons. The molecule has 2 N–H and O–H groups in total. The molecule has 13 heavy (non-hydrogen) atoms. The van der Waals surface area contributed by atoms with Crippen LogP contribution < -0.4 is 5.73 Å². The number of thioether (sulfide) groups is 1. The Bertz CT molecular complexity index is 338. The molecular weight excluding hydrogens is 185 g/mol. The molecule has 0 aliphatic carbocycles. The van der Waals surface area contributed by atoms with Crippen LogP contribution >= 0.6 is 11.8 Å². The SMILES string of the molecule is Cc1ccc(F)c2c1CSC[C@H]2N. The Morgan fingerprint density at radius 2 is 2.31 bits per heavy atom. The van der Waals surface area contributed by atoms with Gasteiger partial charge in [-0.3, -0.25) is 0 Å². The summed E-state index contributed by atoms with van der Waals surface area (Å²) in [6.07, 6.45) is 0. The smallest absolute Gasteiger partial charge is 0.128 e. The molecule has 2 rings (SSSR count). The molecule has 1 aromatic rings. The molecule has 1 aliphatic rings. The third-order valence-electron chi connectivity index (χ3n) is 2.45. The normalized spacial score (nSPS) is 21.3. The van der Waals surface area contributed by atoms with E-state index in [1.165, 1.54) is 6.07 Å². The molecule has 0 unspecified atom stereocenters. The summed E-state index contributed by atoms with van der Waals surface area (Å²) < 4.78 is 13.4. The highest BCUT2D eigenvalue weighted by atomic mass is 32.2. The Labute approximate surface area is 81.5 Å². The van der Waals surface area contributed by atoms with Gasteiger partial charge in [0, 0.05) is 23.1 Å². The highest BCUT2D eigenvalue weighted by Gasteiger charge is 2.21. The molecule has 0 aromatic heterocycles. The lowest BCUT2D eigenvalue weighted by atomic mass is 9.97. The first-order chi connectivity index (χ1) is 6.20. The van der Waals surface area contributed by atoms with Crippen LogP contribution in [0.5, 0.6) is 0 Å². The topological polar surface area (TPSA) is 26.0 Å². The van der Waals surface area contributed by atoms with Crippen molar-refractivity contribution < 1.29 is 4.39 Å². The van der Waals surface area contributed by atoms with E-state index in [0.717, 1.165) is 28.2 Å². The van der Waals surface area contributed by atoms with Gasteiger partial charge in [-0.15, -0.1) is 0 Å². The van der Waals surface area contributed by atoms with E-state index in [0.29, 0.717) is 0 Å². The number of rotatable bonds is 0. The van der Waals surface area contributed by atoms with Crippen LogP contribution in [-0.2, 0) is 5.75 Å². The van der Waals surface area contributed by atoms with E-state index >= 15 is 0 Å². The van der Waals surface area contributed by atoms with E-state index < -0.39 is 0 Å². The molecule has 0 saturated carbocycles. The van der Waals surface area contributed by atoms with E-state index in [1.54, 1.807) is 11.8 Å². The molecule has 3 heteroatoms. The summed E-state index contributed by atoms with van der Waals surface area (Å²) in [4.78, 5) is 0. The summed E-state index contributed by atoms with van der Waals surface area (Å²) in [5.41, 5.74) is 8.84. The Kier molecular flexibility index (Phi) is 2.30. The van der Waals surface area contributed by atoms with Gasteiger partial charge in [0.25, 0.3) is 0 Å². The van der Waals surface area contributed by atoms with E-state index in [9.17, 15) is 4.39 Å². The molecule has 0 bridgehead atoms. The fraction of sp³-hybridized carbons (Fsp3) is 0.400. The van der Waals surface area contributed by atoms with E-state index in [1.807, 2.05) is 13.0 Å². The summed E-state index contributed by atoms with van der Waals surface area (Å²) >= 11 is 1.78. The van der Waals surface area contributed by atoms with Crippen molar-refractivity contribution in [3.05, 3.63) is 34.6 Å². The molecule has 0 fully saturated rings. The molecule has 0 radical (unpaired) electrons. The van der Waals surface area contributed by atoms with Gasteiger partial charge >= 0.3 is 0 Å². The minimum Gasteiger partial charge on any atom is -0.323 e. The van der Waals surface area contributed by atoms with Gasteiger partial charge in [0.1, 0.15) is 5.82 Å². The number of hydrogen-bond acceptors (Lipinski definition) is 2. The fourth-order valence-electron chi connectivity index (χ4n) is 1.71. The first-order valence-corrected chi connectivity index (χ1v) is 5.47. The zero-order valence-corrected chi connectivity index (χ0v) is 8.33. The maximum Gasteiger partial charge on any atom is 0.128 e. The molecule has 1 atom stereocenters. The highest BCUT2D eigenvalue weighted by molar-refractivity contribution is 7.98. The quantitative estimate of drug-likeness (QED) is 0.691. The number of hydrogen-bond donors (Lipinski definition) is 1. The fourth-order valence-corrected chi connectivity index (χ4v) is 2.83. The largest absolute Gasteiger partial charge is 0.323 e. The zero-order valence-electron chi connectivity index (χ0n) is 7.51. The van der Waals surface area contributed by atoms with Crippen LogP contribution in [0.4, 0.5) is 4.39 Å². The van der Waals surface area contributed by atoms with Gasteiger partial charge < -0.3 is 5.73 Å². The first kappa shape index (κ1) is 9.03. The highest BCUT2D eigenvalue weighted by Crippen LogP contribution is 2.33. The van der Waals surface area contributed by atoms with Crippen molar-refractivity contribution >= 4 is 11.8 Å². The van der Waals surface area contributed by atoms with Crippen molar-refractivity contribution in [2.45, 2.75) is 18.7 Å². The average Bonchev–Trinajstić information content (AvgIpc) is 2.12. The van der Waals surface area contributed by atoms with Gasteiger partial charge in [0.05, 0.1) is 0 Å². The summed E-state index contributed by atoms with van der Waals surface area (Å²) in [7, 11) is 0. The lowest BCUT2D eigenvalue weighted by Crippen LogP contribution is -2.21. The van der Waals surface area contributed by atoms with Crippen molar-refractivity contribution in [3.8, 4) is 0 Å². The minimum absolute atomic E-state index is 0.131. The number of halogens is 1. The van der Waals surface area contributed by atoms with Crippen LogP contribution in [0.15, 0.2) is 12.1 Å². The van der Waals surface area contributed by atoms with Gasteiger partial charge in [0.15, 0.2) is 0 Å². The van der Waals surface area contributed by atoms with E-state index in [4.69, 9.17) is 5.73 Å². The molecule has 0 amide bonds. The second-order valence-corrected chi connectivity index (χ2v) is 4.41. The van der Waals surface area contributed by atoms with Gasteiger partial charge in [-0.25, -0.2) is 4.39 Å². The lowest BCUT2D eigenvalue weighted by molar-refractivity contribution is 0.589. The Morgan fingerprint density at radius 3 is 3.00 bits per heavy atom. The van der Waals surface area contributed by atoms with Crippen molar-refractivity contribution in [2.24, 2.45) is 5.73 Å². The standard InChI is InChI=1S/C10H12FNS/c1-6-2-3-8(11)10-7(6)4-13-5-9(10)12/h2-3,9H,4-5,12H2,1H3/t9-/m1/s1. The van der Waals surface area contributed by atoms with Crippen molar-refractivity contribution in [1.82, 2.24) is 0 Å². The second kappa shape index (κ2) is 3.31. The van der Waals surface area contributed by atoms with Crippen molar-refractivity contribution in [3.63, 3.8) is 0 Å². The Balaban J connectivity index is 2.60. The number of aryl methyl sites for hydroxylation is 1. The second-order valence-electron chi connectivity index (χ2n) is 3.38. The molecule has 0 saturated heterocycles. The Morgan fingerprint density at radius 1 is 1.54 bits per heavy atom. The van der Waals surface area contributed by atoms with Gasteiger partial charge in [0.2, 0.25) is 0 Å². The number of fused-ring (bicyclic) bond motifs is 1. The summed E-state index contributed by atoms with van der Waals surface area (Å²) in [6, 6.07) is 3.21. The van der Waals surface area contributed by atoms with Crippen LogP contribution in [0.2, 0.25) is 0 Å². The number of benzene rings is 1. The zero-order chi connectivity index (χ0) is 9.42. The van der Waals surface area contributed by atoms with Crippen LogP contribution in [0.25, 0.3) is 0 Å².